The van der Waals surface area contributed by atoms with Gasteiger partial charge in [0.15, 0.2) is 0 Å². The zero-order valence-electron chi connectivity index (χ0n) is 17.0. The number of hydrogen-bond acceptors (Lipinski definition) is 5. The molecular weight excluding hydrogens is 435 g/mol. The molecule has 2 heterocycles. The Balaban J connectivity index is 1.47. The molecule has 31 heavy (non-hydrogen) atoms. The SMILES string of the molecule is COc1ccc(-c2cc(N3CCCC(C(=O)Nc4cc(Cl)cc(Cl)c4)C3)ncn2)cc1. The molecule has 6 nitrogen and oxygen atoms in total. The smallest absolute Gasteiger partial charge is 0.229 e. The molecule has 0 saturated carbocycles. The highest BCUT2D eigenvalue weighted by atomic mass is 35.5. The first-order chi connectivity index (χ1) is 15.0. The molecule has 1 aromatic heterocycles. The average molecular weight is 457 g/mol. The molecule has 1 aliphatic rings. The third-order valence-electron chi connectivity index (χ3n) is 5.28. The van der Waals surface area contributed by atoms with Crippen molar-refractivity contribution < 1.29 is 9.53 Å². The van der Waals surface area contributed by atoms with Crippen molar-refractivity contribution in [3.8, 4) is 17.0 Å². The summed E-state index contributed by atoms with van der Waals surface area (Å²) < 4.78 is 5.22. The minimum absolute atomic E-state index is 0.0486. The van der Waals surface area contributed by atoms with Gasteiger partial charge in [-0.1, -0.05) is 23.2 Å². The Kier molecular flexibility index (Phi) is 6.59. The number of nitrogens with zero attached hydrogens (tertiary/aromatic N) is 3. The molecule has 2 aromatic carbocycles. The Morgan fingerprint density at radius 3 is 2.55 bits per heavy atom. The topological polar surface area (TPSA) is 67.3 Å². The third-order valence-corrected chi connectivity index (χ3v) is 5.72. The number of benzene rings is 2. The molecule has 0 spiro atoms. The van der Waals surface area contributed by atoms with Gasteiger partial charge < -0.3 is 15.0 Å². The summed E-state index contributed by atoms with van der Waals surface area (Å²) in [5.41, 5.74) is 2.41. The maximum Gasteiger partial charge on any atom is 0.229 e. The molecule has 4 rings (SSSR count). The van der Waals surface area contributed by atoms with Gasteiger partial charge in [-0.05, 0) is 55.3 Å². The van der Waals surface area contributed by atoms with E-state index < -0.39 is 0 Å². The summed E-state index contributed by atoms with van der Waals surface area (Å²) in [6.07, 6.45) is 3.27. The van der Waals surface area contributed by atoms with E-state index in [-0.39, 0.29) is 11.8 Å². The molecule has 1 N–H and O–H groups in total. The van der Waals surface area contributed by atoms with Crippen LogP contribution < -0.4 is 15.0 Å². The molecular formula is C23H22Cl2N4O2. The Bertz CT molecular complexity index is 1060. The molecule has 0 radical (unpaired) electrons. The summed E-state index contributed by atoms with van der Waals surface area (Å²) in [6, 6.07) is 14.7. The van der Waals surface area contributed by atoms with E-state index in [1.807, 2.05) is 30.3 Å². The summed E-state index contributed by atoms with van der Waals surface area (Å²) in [7, 11) is 1.64. The molecule has 1 saturated heterocycles. The second kappa shape index (κ2) is 9.54. The molecule has 1 amide bonds. The van der Waals surface area contributed by atoms with Gasteiger partial charge >= 0.3 is 0 Å². The fourth-order valence-corrected chi connectivity index (χ4v) is 4.24. The largest absolute Gasteiger partial charge is 0.497 e. The normalized spacial score (nSPS) is 16.1. The van der Waals surface area contributed by atoms with E-state index in [0.29, 0.717) is 22.3 Å². The van der Waals surface area contributed by atoms with Crippen molar-refractivity contribution in [2.75, 3.05) is 30.4 Å². The summed E-state index contributed by atoms with van der Waals surface area (Å²) in [6.45, 7) is 1.42. The van der Waals surface area contributed by atoms with E-state index in [1.165, 1.54) is 0 Å². The second-order valence-corrected chi connectivity index (χ2v) is 8.30. The number of anilines is 2. The minimum Gasteiger partial charge on any atom is -0.497 e. The number of hydrogen-bond donors (Lipinski definition) is 1. The maximum atomic E-state index is 12.8. The van der Waals surface area contributed by atoms with E-state index >= 15 is 0 Å². The molecule has 8 heteroatoms. The Labute approximate surface area is 191 Å². The average Bonchev–Trinajstić information content (AvgIpc) is 2.78. The molecule has 1 aliphatic heterocycles. The van der Waals surface area contributed by atoms with Crippen LogP contribution in [-0.2, 0) is 4.79 Å². The van der Waals surface area contributed by atoms with Crippen molar-refractivity contribution in [3.05, 3.63) is 64.9 Å². The number of carbonyl (C=O) groups excluding carboxylic acids is 1. The zero-order valence-corrected chi connectivity index (χ0v) is 18.5. The van der Waals surface area contributed by atoms with E-state index in [1.54, 1.807) is 31.6 Å². The Hall–Kier alpha value is -2.83. The van der Waals surface area contributed by atoms with Crippen molar-refractivity contribution in [3.63, 3.8) is 0 Å². The van der Waals surface area contributed by atoms with Gasteiger partial charge in [-0.2, -0.15) is 0 Å². The van der Waals surface area contributed by atoms with Crippen molar-refractivity contribution >= 4 is 40.6 Å². The molecule has 1 atom stereocenters. The number of carbonyl (C=O) groups is 1. The number of amides is 1. The lowest BCUT2D eigenvalue weighted by atomic mass is 9.97. The minimum atomic E-state index is -0.161. The molecule has 1 fully saturated rings. The van der Waals surface area contributed by atoms with Crippen LogP contribution in [0.4, 0.5) is 11.5 Å². The number of methoxy groups -OCH3 is 1. The molecule has 160 valence electrons. The van der Waals surface area contributed by atoms with Gasteiger partial charge in [0.25, 0.3) is 0 Å². The number of aromatic nitrogens is 2. The standard InChI is InChI=1S/C23H22Cl2N4O2/c1-31-20-6-4-15(5-7-20)21-12-22(27-14-26-21)29-8-2-3-16(13-29)23(30)28-19-10-17(24)9-18(25)11-19/h4-7,9-12,14,16H,2-3,8,13H2,1H3,(H,28,30). The second-order valence-electron chi connectivity index (χ2n) is 7.42. The number of ether oxygens (including phenoxy) is 1. The number of rotatable bonds is 5. The Morgan fingerprint density at radius 2 is 1.84 bits per heavy atom. The predicted molar refractivity (Wildman–Crippen MR) is 124 cm³/mol. The predicted octanol–water partition coefficient (Wildman–Crippen LogP) is 5.31. The first-order valence-corrected chi connectivity index (χ1v) is 10.8. The van der Waals surface area contributed by atoms with Crippen LogP contribution in [0.1, 0.15) is 12.8 Å². The first kappa shape index (κ1) is 21.4. The molecule has 0 aliphatic carbocycles. The fraction of sp³-hybridized carbons (Fsp3) is 0.261. The highest BCUT2D eigenvalue weighted by Gasteiger charge is 2.27. The lowest BCUT2D eigenvalue weighted by Gasteiger charge is -2.33. The van der Waals surface area contributed by atoms with Crippen LogP contribution in [-0.4, -0.2) is 36.1 Å². The third kappa shape index (κ3) is 5.27. The van der Waals surface area contributed by atoms with Crippen LogP contribution in [0.2, 0.25) is 10.0 Å². The van der Waals surface area contributed by atoms with E-state index in [0.717, 1.165) is 42.2 Å². The van der Waals surface area contributed by atoms with Crippen LogP contribution in [0.5, 0.6) is 5.75 Å². The summed E-state index contributed by atoms with van der Waals surface area (Å²) in [5, 5.41) is 3.91. The van der Waals surface area contributed by atoms with Crippen LogP contribution >= 0.6 is 23.2 Å². The van der Waals surface area contributed by atoms with Crippen LogP contribution in [0.3, 0.4) is 0 Å². The lowest BCUT2D eigenvalue weighted by Crippen LogP contribution is -2.41. The Morgan fingerprint density at radius 1 is 1.10 bits per heavy atom. The highest BCUT2D eigenvalue weighted by molar-refractivity contribution is 6.35. The van der Waals surface area contributed by atoms with Gasteiger partial charge in [-0.3, -0.25) is 4.79 Å². The van der Waals surface area contributed by atoms with Crippen molar-refractivity contribution in [2.45, 2.75) is 12.8 Å². The van der Waals surface area contributed by atoms with Gasteiger partial charge in [0.05, 0.1) is 18.7 Å². The van der Waals surface area contributed by atoms with Gasteiger partial charge in [-0.25, -0.2) is 9.97 Å². The molecule has 1 unspecified atom stereocenters. The van der Waals surface area contributed by atoms with Crippen LogP contribution in [0.25, 0.3) is 11.3 Å². The van der Waals surface area contributed by atoms with Gasteiger partial charge in [0.2, 0.25) is 5.91 Å². The van der Waals surface area contributed by atoms with E-state index in [4.69, 9.17) is 27.9 Å². The maximum absolute atomic E-state index is 12.8. The lowest BCUT2D eigenvalue weighted by molar-refractivity contribution is -0.120. The number of nitrogens with one attached hydrogen (secondary N) is 1. The fourth-order valence-electron chi connectivity index (χ4n) is 3.71. The van der Waals surface area contributed by atoms with Gasteiger partial charge in [0.1, 0.15) is 17.9 Å². The van der Waals surface area contributed by atoms with Gasteiger partial charge in [-0.15, -0.1) is 0 Å². The van der Waals surface area contributed by atoms with E-state index in [2.05, 4.69) is 20.2 Å². The van der Waals surface area contributed by atoms with Crippen molar-refractivity contribution in [1.82, 2.24) is 9.97 Å². The summed E-state index contributed by atoms with van der Waals surface area (Å²) in [5.74, 6) is 1.39. The summed E-state index contributed by atoms with van der Waals surface area (Å²) in [4.78, 5) is 23.8. The van der Waals surface area contributed by atoms with E-state index in [9.17, 15) is 4.79 Å². The number of piperidine rings is 1. The van der Waals surface area contributed by atoms with Gasteiger partial charge in [0, 0.05) is 40.5 Å². The highest BCUT2D eigenvalue weighted by Crippen LogP contribution is 2.28. The molecule has 0 bridgehead atoms. The molecule has 3 aromatic rings. The number of halogens is 2. The quantitative estimate of drug-likeness (QED) is 0.562. The van der Waals surface area contributed by atoms with Crippen molar-refractivity contribution in [2.24, 2.45) is 5.92 Å². The van der Waals surface area contributed by atoms with Crippen LogP contribution in [0.15, 0.2) is 54.9 Å². The monoisotopic (exact) mass is 456 g/mol. The van der Waals surface area contributed by atoms with Crippen molar-refractivity contribution in [1.29, 1.82) is 0 Å². The zero-order chi connectivity index (χ0) is 21.8. The van der Waals surface area contributed by atoms with Crippen LogP contribution in [0, 0.1) is 5.92 Å². The first-order valence-electron chi connectivity index (χ1n) is 10.0. The summed E-state index contributed by atoms with van der Waals surface area (Å²) >= 11 is 12.1.